The normalized spacial score (nSPS) is 28.8. The van der Waals surface area contributed by atoms with E-state index >= 15 is 0 Å². The van der Waals surface area contributed by atoms with Gasteiger partial charge in [-0.3, -0.25) is 0 Å². The average molecular weight is 291 g/mol. The summed E-state index contributed by atoms with van der Waals surface area (Å²) in [7, 11) is 2.00. The maximum Gasteiger partial charge on any atom is 0.106 e. The second kappa shape index (κ2) is 6.09. The Morgan fingerprint density at radius 3 is 2.90 bits per heavy atom. The van der Waals surface area contributed by atoms with Crippen molar-refractivity contribution in [1.29, 1.82) is 0 Å². The lowest BCUT2D eigenvalue weighted by Gasteiger charge is -2.34. The molecule has 0 spiro atoms. The highest BCUT2D eigenvalue weighted by atomic mass is 16.3. The van der Waals surface area contributed by atoms with E-state index < -0.39 is 0 Å². The summed E-state index contributed by atoms with van der Waals surface area (Å²) >= 11 is 0. The third-order valence-electron chi connectivity index (χ3n) is 5.86. The molecule has 21 heavy (non-hydrogen) atoms. The van der Waals surface area contributed by atoms with Crippen molar-refractivity contribution in [1.82, 2.24) is 14.9 Å². The van der Waals surface area contributed by atoms with Gasteiger partial charge in [-0.1, -0.05) is 6.42 Å². The van der Waals surface area contributed by atoms with Crippen LogP contribution in [0.2, 0.25) is 0 Å². The van der Waals surface area contributed by atoms with E-state index in [-0.39, 0.29) is 12.1 Å². The predicted molar refractivity (Wildman–Crippen MR) is 84.4 cm³/mol. The number of hydrogen-bond donors (Lipinski definition) is 2. The number of likely N-dealkylation sites (N-methyl/N-ethyl adjacent to an activating group) is 1. The summed E-state index contributed by atoms with van der Waals surface area (Å²) in [6.07, 6.45) is 9.65. The van der Waals surface area contributed by atoms with E-state index in [2.05, 4.69) is 16.8 Å². The van der Waals surface area contributed by atoms with Gasteiger partial charge < -0.3 is 15.0 Å². The van der Waals surface area contributed by atoms with Crippen molar-refractivity contribution in [2.75, 3.05) is 13.7 Å². The first-order valence-electron chi connectivity index (χ1n) is 8.55. The highest BCUT2D eigenvalue weighted by Gasteiger charge is 2.40. The molecule has 1 aromatic heterocycles. The molecule has 1 fully saturated rings. The molecular formula is C17H29N3O. The molecule has 2 unspecified atom stereocenters. The van der Waals surface area contributed by atoms with Gasteiger partial charge in [0.15, 0.2) is 0 Å². The van der Waals surface area contributed by atoms with Gasteiger partial charge in [0.25, 0.3) is 0 Å². The zero-order valence-electron chi connectivity index (χ0n) is 13.5. The van der Waals surface area contributed by atoms with Crippen molar-refractivity contribution in [2.45, 2.75) is 70.4 Å². The summed E-state index contributed by atoms with van der Waals surface area (Å²) in [5.41, 5.74) is 2.78. The van der Waals surface area contributed by atoms with Crippen molar-refractivity contribution in [3.05, 3.63) is 17.2 Å². The summed E-state index contributed by atoms with van der Waals surface area (Å²) in [6.45, 7) is 3.46. The van der Waals surface area contributed by atoms with E-state index in [4.69, 9.17) is 4.98 Å². The second-order valence-corrected chi connectivity index (χ2v) is 6.85. The summed E-state index contributed by atoms with van der Waals surface area (Å²) in [5.74, 6) is 1.76. The zero-order valence-corrected chi connectivity index (χ0v) is 13.5. The molecule has 0 aromatic carbocycles. The molecule has 0 amide bonds. The number of aryl methyl sites for hydroxylation is 2. The van der Waals surface area contributed by atoms with E-state index in [1.807, 2.05) is 7.05 Å². The first-order valence-corrected chi connectivity index (χ1v) is 8.55. The van der Waals surface area contributed by atoms with Crippen LogP contribution in [-0.2, 0) is 19.4 Å². The lowest BCUT2D eigenvalue weighted by atomic mass is 9.85. The number of fused-ring (bicyclic) bond motifs is 1. The fourth-order valence-corrected chi connectivity index (χ4v) is 4.50. The molecule has 4 heteroatoms. The molecule has 0 saturated heterocycles. The van der Waals surface area contributed by atoms with Crippen LogP contribution in [0.5, 0.6) is 0 Å². The summed E-state index contributed by atoms with van der Waals surface area (Å²) in [6, 6.07) is 0. The lowest BCUT2D eigenvalue weighted by Crippen LogP contribution is -2.49. The number of aromatic nitrogens is 2. The van der Waals surface area contributed by atoms with Gasteiger partial charge in [0.1, 0.15) is 5.82 Å². The van der Waals surface area contributed by atoms with Gasteiger partial charge in [0.2, 0.25) is 0 Å². The van der Waals surface area contributed by atoms with E-state index in [9.17, 15) is 5.11 Å². The Hall–Kier alpha value is -0.870. The Morgan fingerprint density at radius 1 is 1.33 bits per heavy atom. The van der Waals surface area contributed by atoms with Crippen LogP contribution >= 0.6 is 0 Å². The number of nitrogens with zero attached hydrogens (tertiary/aromatic N) is 2. The summed E-state index contributed by atoms with van der Waals surface area (Å²) < 4.78 is 2.45. The number of aliphatic hydroxyl groups is 1. The van der Waals surface area contributed by atoms with Crippen LogP contribution in [0, 0.1) is 12.8 Å². The Kier molecular flexibility index (Phi) is 4.36. The van der Waals surface area contributed by atoms with Crippen LogP contribution in [0.1, 0.15) is 55.7 Å². The third-order valence-corrected chi connectivity index (χ3v) is 5.86. The van der Waals surface area contributed by atoms with E-state index in [0.29, 0.717) is 5.92 Å². The lowest BCUT2D eigenvalue weighted by molar-refractivity contribution is 0.124. The number of imidazole rings is 1. The van der Waals surface area contributed by atoms with Crippen LogP contribution < -0.4 is 5.32 Å². The Morgan fingerprint density at radius 2 is 2.14 bits per heavy atom. The number of aliphatic hydroxyl groups excluding tert-OH is 1. The van der Waals surface area contributed by atoms with Crippen molar-refractivity contribution in [3.63, 3.8) is 0 Å². The minimum absolute atomic E-state index is 0.0471. The van der Waals surface area contributed by atoms with Crippen LogP contribution in [0.15, 0.2) is 0 Å². The number of rotatable bonds is 5. The molecule has 2 N–H and O–H groups in total. The van der Waals surface area contributed by atoms with Gasteiger partial charge in [0, 0.05) is 17.8 Å². The molecule has 0 radical (unpaired) electrons. The SMILES string of the molecule is CNC1(CO)CCCC1CCn1c(C)nc2c1CCCC2. The van der Waals surface area contributed by atoms with Gasteiger partial charge >= 0.3 is 0 Å². The van der Waals surface area contributed by atoms with Crippen molar-refractivity contribution in [3.8, 4) is 0 Å². The fourth-order valence-electron chi connectivity index (χ4n) is 4.50. The van der Waals surface area contributed by atoms with Crippen molar-refractivity contribution in [2.24, 2.45) is 5.92 Å². The van der Waals surface area contributed by atoms with Crippen LogP contribution in [0.3, 0.4) is 0 Å². The molecule has 2 aliphatic carbocycles. The molecule has 3 rings (SSSR count). The molecule has 1 saturated carbocycles. The average Bonchev–Trinajstić information content (AvgIpc) is 3.05. The van der Waals surface area contributed by atoms with Gasteiger partial charge in [0.05, 0.1) is 12.3 Å². The molecule has 0 bridgehead atoms. The summed E-state index contributed by atoms with van der Waals surface area (Å²) in [4.78, 5) is 4.77. The Bertz CT molecular complexity index is 490. The van der Waals surface area contributed by atoms with Crippen LogP contribution in [0.4, 0.5) is 0 Å². The summed E-state index contributed by atoms with van der Waals surface area (Å²) in [5, 5.41) is 13.2. The van der Waals surface area contributed by atoms with Crippen LogP contribution in [-0.4, -0.2) is 33.9 Å². The monoisotopic (exact) mass is 291 g/mol. The Balaban J connectivity index is 1.72. The van der Waals surface area contributed by atoms with Gasteiger partial charge in [-0.25, -0.2) is 4.98 Å². The molecule has 4 nitrogen and oxygen atoms in total. The fraction of sp³-hybridized carbons (Fsp3) is 0.824. The zero-order chi connectivity index (χ0) is 14.9. The van der Waals surface area contributed by atoms with E-state index in [1.54, 1.807) is 0 Å². The molecule has 0 aliphatic heterocycles. The highest BCUT2D eigenvalue weighted by molar-refractivity contribution is 5.20. The molecule has 1 heterocycles. The molecule has 2 aliphatic rings. The molecule has 118 valence electrons. The van der Waals surface area contributed by atoms with Gasteiger partial charge in [-0.2, -0.15) is 0 Å². The quantitative estimate of drug-likeness (QED) is 0.874. The maximum absolute atomic E-state index is 9.81. The van der Waals surface area contributed by atoms with E-state index in [1.165, 1.54) is 49.3 Å². The van der Waals surface area contributed by atoms with Crippen LogP contribution in [0.25, 0.3) is 0 Å². The first kappa shape index (κ1) is 15.0. The minimum Gasteiger partial charge on any atom is -0.394 e. The van der Waals surface area contributed by atoms with Crippen molar-refractivity contribution >= 4 is 0 Å². The van der Waals surface area contributed by atoms with Gasteiger partial charge in [-0.15, -0.1) is 0 Å². The Labute approximate surface area is 128 Å². The largest absolute Gasteiger partial charge is 0.394 e. The predicted octanol–water partition coefficient (Wildman–Crippen LogP) is 2.21. The van der Waals surface area contributed by atoms with E-state index in [0.717, 1.165) is 25.8 Å². The highest BCUT2D eigenvalue weighted by Crippen LogP contribution is 2.38. The first-order chi connectivity index (χ1) is 10.2. The molecule has 2 atom stereocenters. The topological polar surface area (TPSA) is 50.1 Å². The maximum atomic E-state index is 9.81. The smallest absolute Gasteiger partial charge is 0.106 e. The number of hydrogen-bond acceptors (Lipinski definition) is 3. The molecular weight excluding hydrogens is 262 g/mol. The standard InChI is InChI=1S/C17H29N3O/c1-13-19-15-7-3-4-8-16(15)20(13)11-9-14-6-5-10-17(14,12-21)18-2/h14,18,21H,3-12H2,1-2H3. The number of nitrogens with one attached hydrogen (secondary N) is 1. The second-order valence-electron chi connectivity index (χ2n) is 6.85. The third kappa shape index (κ3) is 2.64. The minimum atomic E-state index is -0.0471. The van der Waals surface area contributed by atoms with Gasteiger partial charge in [-0.05, 0) is 64.8 Å². The van der Waals surface area contributed by atoms with Crippen molar-refractivity contribution < 1.29 is 5.11 Å². The molecule has 1 aromatic rings.